The first-order valence-corrected chi connectivity index (χ1v) is 12.5. The lowest BCUT2D eigenvalue weighted by Crippen LogP contribution is -2.37. The SMILES string of the molecule is CC[Si](CC)(CC)OC(CCCc1cnccn1)c1c(Cl)cncc1Cl. The number of aromatic nitrogens is 3. The molecule has 0 radical (unpaired) electrons. The highest BCUT2D eigenvalue weighted by molar-refractivity contribution is 6.73. The molecule has 0 aliphatic rings. The molecule has 0 bridgehead atoms. The van der Waals surface area contributed by atoms with Crippen molar-refractivity contribution in [3.05, 3.63) is 52.3 Å². The Morgan fingerprint density at radius 3 is 2.15 bits per heavy atom. The van der Waals surface area contributed by atoms with E-state index in [0.717, 1.165) is 48.7 Å². The molecule has 7 heteroatoms. The smallest absolute Gasteiger partial charge is 0.192 e. The quantitative estimate of drug-likeness (QED) is 0.432. The molecule has 0 spiro atoms. The first-order chi connectivity index (χ1) is 12.5. The van der Waals surface area contributed by atoms with Gasteiger partial charge in [-0.3, -0.25) is 15.0 Å². The summed E-state index contributed by atoms with van der Waals surface area (Å²) in [6.07, 6.45) is 11.0. The number of rotatable bonds is 10. The highest BCUT2D eigenvalue weighted by Gasteiger charge is 2.33. The molecule has 142 valence electrons. The molecule has 1 atom stereocenters. The molecule has 0 saturated carbocycles. The molecule has 0 N–H and O–H groups in total. The first-order valence-electron chi connectivity index (χ1n) is 9.26. The van der Waals surface area contributed by atoms with E-state index in [2.05, 4.69) is 35.7 Å². The van der Waals surface area contributed by atoms with Crippen LogP contribution in [0.2, 0.25) is 28.2 Å². The van der Waals surface area contributed by atoms with Gasteiger partial charge in [0.15, 0.2) is 8.32 Å². The molecule has 2 aromatic heterocycles. The minimum atomic E-state index is -1.80. The summed E-state index contributed by atoms with van der Waals surface area (Å²) in [4.78, 5) is 12.6. The number of hydrogen-bond donors (Lipinski definition) is 0. The lowest BCUT2D eigenvalue weighted by molar-refractivity contribution is 0.176. The fraction of sp³-hybridized carbons (Fsp3) is 0.526. The van der Waals surface area contributed by atoms with Crippen molar-refractivity contribution in [2.45, 2.75) is 64.3 Å². The monoisotopic (exact) mass is 411 g/mol. The van der Waals surface area contributed by atoms with Crippen molar-refractivity contribution >= 4 is 31.5 Å². The third-order valence-corrected chi connectivity index (χ3v) is 10.3. The van der Waals surface area contributed by atoms with E-state index in [1.807, 2.05) is 6.20 Å². The Balaban J connectivity index is 2.21. The van der Waals surface area contributed by atoms with E-state index in [9.17, 15) is 0 Å². The summed E-state index contributed by atoms with van der Waals surface area (Å²) in [6.45, 7) is 6.68. The second-order valence-electron chi connectivity index (χ2n) is 6.46. The molecule has 26 heavy (non-hydrogen) atoms. The molecule has 4 nitrogen and oxygen atoms in total. The van der Waals surface area contributed by atoms with Gasteiger partial charge in [-0.25, -0.2) is 0 Å². The van der Waals surface area contributed by atoms with Crippen molar-refractivity contribution in [3.63, 3.8) is 0 Å². The lowest BCUT2D eigenvalue weighted by Gasteiger charge is -2.34. The average molecular weight is 412 g/mol. The predicted molar refractivity (Wildman–Crippen MR) is 110 cm³/mol. The van der Waals surface area contributed by atoms with Gasteiger partial charge in [-0.2, -0.15) is 0 Å². The topological polar surface area (TPSA) is 47.9 Å². The van der Waals surface area contributed by atoms with E-state index in [1.165, 1.54) is 0 Å². The van der Waals surface area contributed by atoms with E-state index < -0.39 is 8.32 Å². The van der Waals surface area contributed by atoms with Gasteiger partial charge in [0.2, 0.25) is 0 Å². The summed E-state index contributed by atoms with van der Waals surface area (Å²) in [5.41, 5.74) is 1.86. The molecule has 0 aliphatic carbocycles. The van der Waals surface area contributed by atoms with E-state index in [4.69, 9.17) is 27.6 Å². The van der Waals surface area contributed by atoms with Crippen molar-refractivity contribution < 1.29 is 4.43 Å². The standard InChI is InChI=1S/C19H27Cl2N3OSi/c1-4-26(5-2,6-3)25-18(19-16(20)13-23-14-17(19)21)9-7-8-15-12-22-10-11-24-15/h10-14,18H,4-9H2,1-3H3. The fourth-order valence-corrected chi connectivity index (χ4v) is 6.67. The zero-order valence-corrected chi connectivity index (χ0v) is 18.2. The zero-order chi connectivity index (χ0) is 19.0. The van der Waals surface area contributed by atoms with Crippen molar-refractivity contribution in [1.29, 1.82) is 0 Å². The Morgan fingerprint density at radius 2 is 1.62 bits per heavy atom. The van der Waals surface area contributed by atoms with Crippen LogP contribution in [0.15, 0.2) is 31.0 Å². The summed E-state index contributed by atoms with van der Waals surface area (Å²) in [5.74, 6) is 0. The average Bonchev–Trinajstić information content (AvgIpc) is 2.66. The van der Waals surface area contributed by atoms with Crippen molar-refractivity contribution in [2.24, 2.45) is 0 Å². The molecular weight excluding hydrogens is 385 g/mol. The van der Waals surface area contributed by atoms with Gasteiger partial charge in [-0.05, 0) is 37.4 Å². The van der Waals surface area contributed by atoms with Gasteiger partial charge >= 0.3 is 0 Å². The predicted octanol–water partition coefficient (Wildman–Crippen LogP) is 6.26. The van der Waals surface area contributed by atoms with Crippen LogP contribution in [-0.2, 0) is 10.8 Å². The Morgan fingerprint density at radius 1 is 0.962 bits per heavy atom. The Labute approximate surface area is 167 Å². The zero-order valence-electron chi connectivity index (χ0n) is 15.7. The third kappa shape index (κ3) is 5.49. The molecule has 0 aromatic carbocycles. The molecule has 0 aliphatic heterocycles. The summed E-state index contributed by atoms with van der Waals surface area (Å²) < 4.78 is 6.78. The molecule has 2 rings (SSSR count). The van der Waals surface area contributed by atoms with Crippen LogP contribution in [0.1, 0.15) is 51.0 Å². The maximum Gasteiger partial charge on any atom is 0.192 e. The van der Waals surface area contributed by atoms with Crippen LogP contribution in [0.3, 0.4) is 0 Å². The van der Waals surface area contributed by atoms with Gasteiger partial charge in [0.05, 0.1) is 21.8 Å². The van der Waals surface area contributed by atoms with Crippen LogP contribution in [-0.4, -0.2) is 23.3 Å². The van der Waals surface area contributed by atoms with Crippen LogP contribution < -0.4 is 0 Å². The molecule has 1 unspecified atom stereocenters. The highest BCUT2D eigenvalue weighted by Crippen LogP contribution is 2.38. The number of halogens is 2. The maximum atomic E-state index is 6.78. The van der Waals surface area contributed by atoms with Crippen molar-refractivity contribution in [2.75, 3.05) is 0 Å². The lowest BCUT2D eigenvalue weighted by atomic mass is 10.0. The summed E-state index contributed by atoms with van der Waals surface area (Å²) in [7, 11) is -1.80. The molecule has 0 saturated heterocycles. The van der Waals surface area contributed by atoms with E-state index in [1.54, 1.807) is 24.8 Å². The van der Waals surface area contributed by atoms with Gasteiger partial charge in [-0.1, -0.05) is 44.0 Å². The van der Waals surface area contributed by atoms with Crippen LogP contribution in [0.25, 0.3) is 0 Å². The maximum absolute atomic E-state index is 6.78. The number of pyridine rings is 1. The Hall–Kier alpha value is -1.01. The largest absolute Gasteiger partial charge is 0.410 e. The second kappa shape index (κ2) is 10.4. The van der Waals surface area contributed by atoms with E-state index >= 15 is 0 Å². The third-order valence-electron chi connectivity index (χ3n) is 5.05. The number of nitrogens with zero attached hydrogens (tertiary/aromatic N) is 3. The fourth-order valence-electron chi connectivity index (χ4n) is 3.22. The van der Waals surface area contributed by atoms with Gasteiger partial charge in [0.25, 0.3) is 0 Å². The van der Waals surface area contributed by atoms with Crippen LogP contribution >= 0.6 is 23.2 Å². The normalized spacial score (nSPS) is 13.0. The van der Waals surface area contributed by atoms with E-state index in [0.29, 0.717) is 10.0 Å². The molecule has 2 heterocycles. The summed E-state index contributed by atoms with van der Waals surface area (Å²) in [5, 5.41) is 1.15. The number of hydrogen-bond acceptors (Lipinski definition) is 4. The van der Waals surface area contributed by atoms with E-state index in [-0.39, 0.29) is 6.10 Å². The molecule has 2 aromatic rings. The summed E-state index contributed by atoms with van der Waals surface area (Å²) in [6, 6.07) is 3.25. The number of aryl methyl sites for hydroxylation is 1. The van der Waals surface area contributed by atoms with Crippen LogP contribution in [0, 0.1) is 0 Å². The van der Waals surface area contributed by atoms with Gasteiger partial charge < -0.3 is 4.43 Å². The molecular formula is C19H27Cl2N3OSi. The minimum Gasteiger partial charge on any atom is -0.410 e. The van der Waals surface area contributed by atoms with Crippen LogP contribution in [0.5, 0.6) is 0 Å². The molecule has 0 amide bonds. The van der Waals surface area contributed by atoms with Crippen LogP contribution in [0.4, 0.5) is 0 Å². The van der Waals surface area contributed by atoms with Gasteiger partial charge in [-0.15, -0.1) is 0 Å². The Kier molecular flexibility index (Phi) is 8.48. The Bertz CT molecular complexity index is 655. The first kappa shape index (κ1) is 21.3. The highest BCUT2D eigenvalue weighted by atomic mass is 35.5. The van der Waals surface area contributed by atoms with Gasteiger partial charge in [0, 0.05) is 36.5 Å². The van der Waals surface area contributed by atoms with Crippen molar-refractivity contribution in [1.82, 2.24) is 15.0 Å². The van der Waals surface area contributed by atoms with Crippen molar-refractivity contribution in [3.8, 4) is 0 Å². The summed E-state index contributed by atoms with van der Waals surface area (Å²) >= 11 is 12.9. The second-order valence-corrected chi connectivity index (χ2v) is 12.0. The molecule has 0 fully saturated rings. The minimum absolute atomic E-state index is 0.110. The van der Waals surface area contributed by atoms with Gasteiger partial charge in [0.1, 0.15) is 0 Å².